The third-order valence-corrected chi connectivity index (χ3v) is 4.84. The van der Waals surface area contributed by atoms with Gasteiger partial charge in [0.2, 0.25) is 0 Å². The van der Waals surface area contributed by atoms with Crippen LogP contribution < -0.4 is 10.6 Å². The van der Waals surface area contributed by atoms with E-state index in [1.165, 1.54) is 32.1 Å². The van der Waals surface area contributed by atoms with E-state index in [4.69, 9.17) is 11.6 Å². The average Bonchev–Trinajstić information content (AvgIpc) is 2.65. The van der Waals surface area contributed by atoms with Crippen molar-refractivity contribution in [1.82, 2.24) is 10.3 Å². The Labute approximate surface area is 154 Å². The summed E-state index contributed by atoms with van der Waals surface area (Å²) < 4.78 is 0. The Morgan fingerprint density at radius 3 is 2.52 bits per heavy atom. The summed E-state index contributed by atoms with van der Waals surface area (Å²) in [5, 5.41) is 7.14. The lowest BCUT2D eigenvalue weighted by Gasteiger charge is -2.23. The number of hydrogen-bond acceptors (Lipinski definition) is 3. The summed E-state index contributed by atoms with van der Waals surface area (Å²) in [6.45, 7) is 0.574. The summed E-state index contributed by atoms with van der Waals surface area (Å²) in [4.78, 5) is 16.5. The molecule has 1 saturated carbocycles. The number of carbonyl (C=O) groups is 1. The third-order valence-electron chi connectivity index (χ3n) is 4.58. The van der Waals surface area contributed by atoms with Crippen LogP contribution in [0.25, 0.3) is 0 Å². The number of halogens is 1. The van der Waals surface area contributed by atoms with Crippen LogP contribution in [0.15, 0.2) is 42.6 Å². The smallest absolute Gasteiger partial charge is 0.269 e. The average molecular weight is 358 g/mol. The lowest BCUT2D eigenvalue weighted by atomic mass is 9.95. The first-order valence-electron chi connectivity index (χ1n) is 8.96. The van der Waals surface area contributed by atoms with Crippen LogP contribution in [-0.2, 0) is 6.42 Å². The molecule has 1 aliphatic carbocycles. The largest absolute Gasteiger partial charge is 0.381 e. The molecule has 25 heavy (non-hydrogen) atoms. The van der Waals surface area contributed by atoms with Crippen molar-refractivity contribution in [1.29, 1.82) is 0 Å². The Kier molecular flexibility index (Phi) is 6.29. The van der Waals surface area contributed by atoms with Crippen molar-refractivity contribution in [3.8, 4) is 0 Å². The first-order valence-corrected chi connectivity index (χ1v) is 9.34. The van der Waals surface area contributed by atoms with Crippen molar-refractivity contribution >= 4 is 23.2 Å². The van der Waals surface area contributed by atoms with Crippen molar-refractivity contribution in [2.24, 2.45) is 0 Å². The summed E-state index contributed by atoms with van der Waals surface area (Å²) in [5.41, 5.74) is 2.58. The number of benzene rings is 1. The highest BCUT2D eigenvalue weighted by molar-refractivity contribution is 6.30. The zero-order chi connectivity index (χ0) is 17.5. The summed E-state index contributed by atoms with van der Waals surface area (Å²) >= 11 is 5.87. The molecule has 3 rings (SSSR count). The number of hydrogen-bond donors (Lipinski definition) is 2. The van der Waals surface area contributed by atoms with Crippen LogP contribution in [0.4, 0.5) is 5.69 Å². The molecule has 2 aromatic rings. The number of nitrogens with zero attached hydrogens (tertiary/aromatic N) is 1. The third kappa shape index (κ3) is 5.46. The molecule has 4 nitrogen and oxygen atoms in total. The molecule has 1 aromatic heterocycles. The maximum Gasteiger partial charge on any atom is 0.269 e. The minimum absolute atomic E-state index is 0.141. The van der Waals surface area contributed by atoms with Gasteiger partial charge in [0.1, 0.15) is 5.69 Å². The van der Waals surface area contributed by atoms with Gasteiger partial charge < -0.3 is 10.6 Å². The van der Waals surface area contributed by atoms with Crippen molar-refractivity contribution in [2.45, 2.75) is 44.6 Å². The van der Waals surface area contributed by atoms with Crippen LogP contribution in [0.1, 0.15) is 48.2 Å². The molecule has 5 heteroatoms. The zero-order valence-corrected chi connectivity index (χ0v) is 15.1. The van der Waals surface area contributed by atoms with Gasteiger partial charge in [-0.2, -0.15) is 0 Å². The van der Waals surface area contributed by atoms with Crippen LogP contribution in [0.3, 0.4) is 0 Å². The zero-order valence-electron chi connectivity index (χ0n) is 14.3. The number of pyridine rings is 1. The van der Waals surface area contributed by atoms with Gasteiger partial charge >= 0.3 is 0 Å². The van der Waals surface area contributed by atoms with Crippen LogP contribution in [0, 0.1) is 0 Å². The Morgan fingerprint density at radius 1 is 1.08 bits per heavy atom. The second kappa shape index (κ2) is 8.86. The number of aromatic nitrogens is 1. The molecule has 0 bridgehead atoms. The fourth-order valence-electron chi connectivity index (χ4n) is 3.16. The molecule has 2 N–H and O–H groups in total. The van der Waals surface area contributed by atoms with E-state index in [0.717, 1.165) is 22.7 Å². The van der Waals surface area contributed by atoms with Crippen LogP contribution in [-0.4, -0.2) is 23.5 Å². The Hall–Kier alpha value is -2.07. The second-order valence-corrected chi connectivity index (χ2v) is 6.98. The molecule has 0 saturated heterocycles. The molecule has 1 heterocycles. The van der Waals surface area contributed by atoms with Crippen molar-refractivity contribution in [3.05, 3.63) is 58.9 Å². The molecule has 132 valence electrons. The van der Waals surface area contributed by atoms with E-state index in [-0.39, 0.29) is 5.91 Å². The van der Waals surface area contributed by atoms with Crippen molar-refractivity contribution in [3.63, 3.8) is 0 Å². The van der Waals surface area contributed by atoms with E-state index in [9.17, 15) is 4.79 Å². The van der Waals surface area contributed by atoms with Gasteiger partial charge in [0.05, 0.1) is 11.9 Å². The molecule has 1 aliphatic rings. The van der Waals surface area contributed by atoms with E-state index >= 15 is 0 Å². The van der Waals surface area contributed by atoms with Gasteiger partial charge in [-0.1, -0.05) is 43.0 Å². The highest BCUT2D eigenvalue weighted by Gasteiger charge is 2.13. The van der Waals surface area contributed by atoms with E-state index < -0.39 is 0 Å². The number of nitrogens with one attached hydrogen (secondary N) is 2. The molecule has 1 amide bonds. The molecular formula is C20H24ClN3O. The van der Waals surface area contributed by atoms with Crippen molar-refractivity contribution in [2.75, 3.05) is 11.9 Å². The summed E-state index contributed by atoms with van der Waals surface area (Å²) in [7, 11) is 0. The van der Waals surface area contributed by atoms with Gasteiger partial charge in [-0.15, -0.1) is 0 Å². The lowest BCUT2D eigenvalue weighted by molar-refractivity contribution is 0.0949. The molecule has 0 radical (unpaired) electrons. The number of rotatable bonds is 6. The first kappa shape index (κ1) is 17.7. The maximum absolute atomic E-state index is 12.2. The van der Waals surface area contributed by atoms with Gasteiger partial charge in [0, 0.05) is 17.6 Å². The van der Waals surface area contributed by atoms with Crippen LogP contribution >= 0.6 is 11.6 Å². The first-order chi connectivity index (χ1) is 12.2. The Balaban J connectivity index is 1.46. The standard InChI is InChI=1S/C20H24ClN3O/c21-16-8-6-15(7-9-16)12-13-22-20(25)19-11-10-18(14-23-19)24-17-4-2-1-3-5-17/h6-11,14,17,24H,1-5,12-13H2,(H,22,25). The van der Waals surface area contributed by atoms with E-state index in [1.54, 1.807) is 12.3 Å². The molecule has 0 unspecified atom stereocenters. The summed E-state index contributed by atoms with van der Waals surface area (Å²) in [6, 6.07) is 11.9. The van der Waals surface area contributed by atoms with Crippen LogP contribution in [0.5, 0.6) is 0 Å². The molecule has 1 aromatic carbocycles. The SMILES string of the molecule is O=C(NCCc1ccc(Cl)cc1)c1ccc(NC2CCCCC2)cn1. The summed E-state index contributed by atoms with van der Waals surface area (Å²) in [5.74, 6) is -0.141. The normalized spacial score (nSPS) is 14.9. The predicted octanol–water partition coefficient (Wildman–Crippen LogP) is 4.45. The highest BCUT2D eigenvalue weighted by atomic mass is 35.5. The van der Waals surface area contributed by atoms with Gasteiger partial charge in [-0.3, -0.25) is 4.79 Å². The highest BCUT2D eigenvalue weighted by Crippen LogP contribution is 2.21. The monoisotopic (exact) mass is 357 g/mol. The van der Waals surface area contributed by atoms with Crippen LogP contribution in [0.2, 0.25) is 5.02 Å². The number of amides is 1. The quantitative estimate of drug-likeness (QED) is 0.802. The number of anilines is 1. The van der Waals surface area contributed by atoms with E-state index in [1.807, 2.05) is 30.3 Å². The van der Waals surface area contributed by atoms with Gasteiger partial charge in [0.25, 0.3) is 5.91 Å². The molecule has 0 aliphatic heterocycles. The molecular weight excluding hydrogens is 334 g/mol. The van der Waals surface area contributed by atoms with Gasteiger partial charge in [-0.05, 0) is 49.1 Å². The minimum Gasteiger partial charge on any atom is -0.381 e. The summed E-state index contributed by atoms with van der Waals surface area (Å²) in [6.07, 6.45) is 8.87. The number of carbonyl (C=O) groups excluding carboxylic acids is 1. The molecule has 0 atom stereocenters. The van der Waals surface area contributed by atoms with Crippen molar-refractivity contribution < 1.29 is 4.79 Å². The Bertz CT molecular complexity index is 679. The van der Waals surface area contributed by atoms with Gasteiger partial charge in [0.15, 0.2) is 0 Å². The Morgan fingerprint density at radius 2 is 1.84 bits per heavy atom. The lowest BCUT2D eigenvalue weighted by Crippen LogP contribution is -2.26. The minimum atomic E-state index is -0.141. The van der Waals surface area contributed by atoms with Gasteiger partial charge in [-0.25, -0.2) is 4.98 Å². The van der Waals surface area contributed by atoms with E-state index in [0.29, 0.717) is 18.3 Å². The van der Waals surface area contributed by atoms with E-state index in [2.05, 4.69) is 15.6 Å². The molecule has 0 spiro atoms. The fourth-order valence-corrected chi connectivity index (χ4v) is 3.28. The fraction of sp³-hybridized carbons (Fsp3) is 0.400. The molecule has 1 fully saturated rings. The maximum atomic E-state index is 12.2. The predicted molar refractivity (Wildman–Crippen MR) is 102 cm³/mol. The second-order valence-electron chi connectivity index (χ2n) is 6.54. The topological polar surface area (TPSA) is 54.0 Å².